The minimum Gasteiger partial charge on any atom is -0.366 e. The Kier molecular flexibility index (Phi) is 6.53. The molecule has 0 saturated carbocycles. The molecule has 32 heavy (non-hydrogen) atoms. The van der Waals surface area contributed by atoms with Crippen molar-refractivity contribution in [1.29, 1.82) is 0 Å². The van der Waals surface area contributed by atoms with Gasteiger partial charge in [-0.15, -0.1) is 0 Å². The molecule has 7 heteroatoms. The van der Waals surface area contributed by atoms with Gasteiger partial charge in [0.2, 0.25) is 17.7 Å². The maximum Gasteiger partial charge on any atom is 0.248 e. The average molecular weight is 435 g/mol. The zero-order valence-electron chi connectivity index (χ0n) is 18.5. The molecule has 3 heterocycles. The SMILES string of the molecule is CC(=O)N1CCC(C(=O)N2CCCCC2c2ccc(-c3ccc(C(N)=O)cc3)nc2)CC1. The number of hydrogen-bond donors (Lipinski definition) is 1. The van der Waals surface area contributed by atoms with Crippen LogP contribution in [0.4, 0.5) is 0 Å². The minimum atomic E-state index is -0.450. The molecule has 2 aliphatic heterocycles. The Hall–Kier alpha value is -3.22. The van der Waals surface area contributed by atoms with E-state index in [0.717, 1.165) is 55.5 Å². The summed E-state index contributed by atoms with van der Waals surface area (Å²) in [5, 5.41) is 0. The summed E-state index contributed by atoms with van der Waals surface area (Å²) in [5.41, 5.74) is 8.56. The summed E-state index contributed by atoms with van der Waals surface area (Å²) in [6.45, 7) is 3.68. The number of piperidine rings is 2. The summed E-state index contributed by atoms with van der Waals surface area (Å²) in [6, 6.07) is 11.1. The summed E-state index contributed by atoms with van der Waals surface area (Å²) in [6.07, 6.45) is 6.39. The van der Waals surface area contributed by atoms with Crippen LogP contribution in [0.15, 0.2) is 42.6 Å². The molecular formula is C25H30N4O3. The van der Waals surface area contributed by atoms with Gasteiger partial charge in [-0.25, -0.2) is 0 Å². The molecule has 0 aliphatic carbocycles. The van der Waals surface area contributed by atoms with Gasteiger partial charge in [-0.05, 0) is 55.9 Å². The Balaban J connectivity index is 1.47. The molecule has 3 amide bonds. The first-order valence-corrected chi connectivity index (χ1v) is 11.4. The molecular weight excluding hydrogens is 404 g/mol. The van der Waals surface area contributed by atoms with Crippen molar-refractivity contribution in [3.63, 3.8) is 0 Å². The highest BCUT2D eigenvalue weighted by molar-refractivity contribution is 5.93. The molecule has 2 aromatic rings. The van der Waals surface area contributed by atoms with Crippen LogP contribution in [0, 0.1) is 5.92 Å². The lowest BCUT2D eigenvalue weighted by molar-refractivity contribution is -0.143. The van der Waals surface area contributed by atoms with Gasteiger partial charge in [0.05, 0.1) is 11.7 Å². The quantitative estimate of drug-likeness (QED) is 0.799. The number of hydrogen-bond acceptors (Lipinski definition) is 4. The van der Waals surface area contributed by atoms with Crippen LogP contribution in [0.3, 0.4) is 0 Å². The van der Waals surface area contributed by atoms with Crippen LogP contribution in [-0.2, 0) is 9.59 Å². The zero-order chi connectivity index (χ0) is 22.7. The van der Waals surface area contributed by atoms with Crippen LogP contribution in [0.5, 0.6) is 0 Å². The fourth-order valence-corrected chi connectivity index (χ4v) is 4.80. The number of primary amides is 1. The van der Waals surface area contributed by atoms with Gasteiger partial charge in [-0.1, -0.05) is 18.2 Å². The van der Waals surface area contributed by atoms with Gasteiger partial charge in [0, 0.05) is 49.8 Å². The smallest absolute Gasteiger partial charge is 0.248 e. The van der Waals surface area contributed by atoms with Gasteiger partial charge < -0.3 is 15.5 Å². The summed E-state index contributed by atoms with van der Waals surface area (Å²) in [7, 11) is 0. The summed E-state index contributed by atoms with van der Waals surface area (Å²) >= 11 is 0. The van der Waals surface area contributed by atoms with Crippen molar-refractivity contribution in [2.45, 2.75) is 45.1 Å². The van der Waals surface area contributed by atoms with E-state index in [4.69, 9.17) is 5.73 Å². The standard InChI is InChI=1S/C25H30N4O3/c1-17(30)28-14-11-20(12-15-28)25(32)29-13-3-2-4-23(29)21-9-10-22(27-16-21)18-5-7-19(8-6-18)24(26)31/h5-10,16,20,23H,2-4,11-15H2,1H3,(H2,26,31). The fraction of sp³-hybridized carbons (Fsp3) is 0.440. The predicted octanol–water partition coefficient (Wildman–Crippen LogP) is 3.16. The highest BCUT2D eigenvalue weighted by atomic mass is 16.2. The fourth-order valence-electron chi connectivity index (χ4n) is 4.80. The number of rotatable bonds is 4. The maximum atomic E-state index is 13.4. The number of nitrogens with zero attached hydrogens (tertiary/aromatic N) is 3. The highest BCUT2D eigenvalue weighted by Gasteiger charge is 2.34. The number of carbonyl (C=O) groups is 3. The Morgan fingerprint density at radius 3 is 2.25 bits per heavy atom. The average Bonchev–Trinajstić information content (AvgIpc) is 2.84. The molecule has 2 N–H and O–H groups in total. The minimum absolute atomic E-state index is 0.0118. The van der Waals surface area contributed by atoms with Crippen molar-refractivity contribution in [1.82, 2.24) is 14.8 Å². The maximum absolute atomic E-state index is 13.4. The van der Waals surface area contributed by atoms with Crippen LogP contribution < -0.4 is 5.73 Å². The van der Waals surface area contributed by atoms with Crippen molar-refractivity contribution in [3.8, 4) is 11.3 Å². The number of nitrogens with two attached hydrogens (primary N) is 1. The molecule has 2 fully saturated rings. The monoisotopic (exact) mass is 434 g/mol. The Morgan fingerprint density at radius 1 is 0.938 bits per heavy atom. The van der Waals surface area contributed by atoms with Crippen LogP contribution >= 0.6 is 0 Å². The Morgan fingerprint density at radius 2 is 1.66 bits per heavy atom. The van der Waals surface area contributed by atoms with E-state index in [0.29, 0.717) is 18.7 Å². The third kappa shape index (κ3) is 4.66. The van der Waals surface area contributed by atoms with Crippen LogP contribution in [0.2, 0.25) is 0 Å². The number of benzene rings is 1. The first kappa shape index (κ1) is 22.0. The number of pyridine rings is 1. The van der Waals surface area contributed by atoms with E-state index < -0.39 is 5.91 Å². The van der Waals surface area contributed by atoms with E-state index in [-0.39, 0.29) is 23.8 Å². The topological polar surface area (TPSA) is 96.6 Å². The highest BCUT2D eigenvalue weighted by Crippen LogP contribution is 2.34. The van der Waals surface area contributed by atoms with Crippen LogP contribution in [0.25, 0.3) is 11.3 Å². The molecule has 2 saturated heterocycles. The summed E-state index contributed by atoms with van der Waals surface area (Å²) in [5.74, 6) is -0.165. The van der Waals surface area contributed by atoms with E-state index >= 15 is 0 Å². The number of amides is 3. The third-order valence-electron chi connectivity index (χ3n) is 6.71. The molecule has 1 unspecified atom stereocenters. The van der Waals surface area contributed by atoms with Crippen LogP contribution in [-0.4, -0.2) is 52.1 Å². The predicted molar refractivity (Wildman–Crippen MR) is 121 cm³/mol. The van der Waals surface area contributed by atoms with Gasteiger partial charge in [0.25, 0.3) is 0 Å². The van der Waals surface area contributed by atoms with Gasteiger partial charge in [-0.3, -0.25) is 19.4 Å². The third-order valence-corrected chi connectivity index (χ3v) is 6.71. The lowest BCUT2D eigenvalue weighted by Crippen LogP contribution is -2.46. The number of aromatic nitrogens is 1. The molecule has 0 radical (unpaired) electrons. The normalized spacial score (nSPS) is 19.6. The molecule has 0 spiro atoms. The first-order valence-electron chi connectivity index (χ1n) is 11.4. The molecule has 0 bridgehead atoms. The van der Waals surface area contributed by atoms with Crippen molar-refractivity contribution >= 4 is 17.7 Å². The molecule has 1 aromatic carbocycles. The molecule has 7 nitrogen and oxygen atoms in total. The van der Waals surface area contributed by atoms with E-state index in [9.17, 15) is 14.4 Å². The van der Waals surface area contributed by atoms with E-state index in [1.807, 2.05) is 34.2 Å². The van der Waals surface area contributed by atoms with Gasteiger partial charge in [0.1, 0.15) is 0 Å². The van der Waals surface area contributed by atoms with Crippen molar-refractivity contribution in [2.75, 3.05) is 19.6 Å². The largest absolute Gasteiger partial charge is 0.366 e. The number of likely N-dealkylation sites (tertiary alicyclic amines) is 2. The van der Waals surface area contributed by atoms with E-state index in [2.05, 4.69) is 11.1 Å². The molecule has 168 valence electrons. The zero-order valence-corrected chi connectivity index (χ0v) is 18.5. The number of carbonyl (C=O) groups excluding carboxylic acids is 3. The molecule has 4 rings (SSSR count). The van der Waals surface area contributed by atoms with Gasteiger partial charge >= 0.3 is 0 Å². The lowest BCUT2D eigenvalue weighted by atomic mass is 9.90. The first-order chi connectivity index (χ1) is 15.4. The van der Waals surface area contributed by atoms with E-state index in [1.165, 1.54) is 0 Å². The lowest BCUT2D eigenvalue weighted by Gasteiger charge is -2.40. The van der Waals surface area contributed by atoms with Gasteiger partial charge in [-0.2, -0.15) is 0 Å². The second-order valence-corrected chi connectivity index (χ2v) is 8.74. The van der Waals surface area contributed by atoms with Crippen molar-refractivity contribution in [3.05, 3.63) is 53.7 Å². The molecule has 1 aromatic heterocycles. The Bertz CT molecular complexity index is 979. The second kappa shape index (κ2) is 9.51. The summed E-state index contributed by atoms with van der Waals surface area (Å²) < 4.78 is 0. The summed E-state index contributed by atoms with van der Waals surface area (Å²) in [4.78, 5) is 44.7. The Labute approximate surface area is 188 Å². The van der Waals surface area contributed by atoms with Crippen molar-refractivity contribution in [2.24, 2.45) is 11.7 Å². The molecule has 1 atom stereocenters. The van der Waals surface area contributed by atoms with Crippen LogP contribution in [0.1, 0.15) is 61.0 Å². The van der Waals surface area contributed by atoms with E-state index in [1.54, 1.807) is 19.1 Å². The molecule has 2 aliphatic rings. The van der Waals surface area contributed by atoms with Crippen molar-refractivity contribution < 1.29 is 14.4 Å². The second-order valence-electron chi connectivity index (χ2n) is 8.74. The van der Waals surface area contributed by atoms with Gasteiger partial charge in [0.15, 0.2) is 0 Å².